The lowest BCUT2D eigenvalue weighted by Gasteiger charge is -2.15. The van der Waals surface area contributed by atoms with Crippen molar-refractivity contribution in [2.45, 2.75) is 52.0 Å². The molecule has 0 bridgehead atoms. The summed E-state index contributed by atoms with van der Waals surface area (Å²) in [6, 6.07) is 5.98. The third kappa shape index (κ3) is 7.00. The van der Waals surface area contributed by atoms with Crippen molar-refractivity contribution in [3.63, 3.8) is 0 Å². The van der Waals surface area contributed by atoms with Crippen LogP contribution in [0.25, 0.3) is 0 Å². The molecule has 1 fully saturated rings. The molecule has 0 aliphatic heterocycles. The Kier molecular flexibility index (Phi) is 8.74. The maximum Gasteiger partial charge on any atom is 0.222 e. The summed E-state index contributed by atoms with van der Waals surface area (Å²) in [6.45, 7) is 5.66. The molecule has 0 heterocycles. The number of carbonyl (C=O) groups is 1. The van der Waals surface area contributed by atoms with Crippen LogP contribution in [0.4, 0.5) is 5.69 Å². The first-order chi connectivity index (χ1) is 13.2. The summed E-state index contributed by atoms with van der Waals surface area (Å²) >= 11 is 0. The number of rotatable bonds is 9. The van der Waals surface area contributed by atoms with Gasteiger partial charge in [-0.15, -0.1) is 0 Å². The van der Waals surface area contributed by atoms with Crippen LogP contribution < -0.4 is 25.4 Å². The van der Waals surface area contributed by atoms with Gasteiger partial charge in [0.1, 0.15) is 0 Å². The number of nitrogens with one attached hydrogen (secondary N) is 3. The highest BCUT2D eigenvalue weighted by Gasteiger charge is 2.16. The van der Waals surface area contributed by atoms with Crippen molar-refractivity contribution in [1.29, 1.82) is 0 Å². The van der Waals surface area contributed by atoms with Gasteiger partial charge in [-0.2, -0.15) is 0 Å². The maximum atomic E-state index is 12.0. The summed E-state index contributed by atoms with van der Waals surface area (Å²) in [5.41, 5.74) is 0.842. The Balaban J connectivity index is 1.92. The fraction of sp³-hybridized carbons (Fsp3) is 0.600. The Morgan fingerprint density at radius 2 is 2.00 bits per heavy atom. The second-order valence-corrected chi connectivity index (χ2v) is 6.48. The topological polar surface area (TPSA) is 84.0 Å². The molecule has 0 spiro atoms. The van der Waals surface area contributed by atoms with E-state index in [9.17, 15) is 4.79 Å². The molecule has 0 aromatic heterocycles. The van der Waals surface area contributed by atoms with Gasteiger partial charge >= 0.3 is 0 Å². The Hall–Kier alpha value is -2.44. The number of amides is 1. The van der Waals surface area contributed by atoms with Gasteiger partial charge in [-0.05, 0) is 38.8 Å². The molecule has 150 valence electrons. The van der Waals surface area contributed by atoms with Gasteiger partial charge in [-0.25, -0.2) is 0 Å². The zero-order valence-electron chi connectivity index (χ0n) is 16.6. The predicted molar refractivity (Wildman–Crippen MR) is 109 cm³/mol. The molecule has 1 aromatic carbocycles. The Morgan fingerprint density at radius 3 is 2.67 bits per heavy atom. The molecule has 0 atom stereocenters. The molecular weight excluding hydrogens is 344 g/mol. The molecule has 27 heavy (non-hydrogen) atoms. The second-order valence-electron chi connectivity index (χ2n) is 6.48. The summed E-state index contributed by atoms with van der Waals surface area (Å²) in [5.74, 6) is 2.08. The number of methoxy groups -OCH3 is 1. The highest BCUT2D eigenvalue weighted by atomic mass is 16.5. The molecule has 2 rings (SSSR count). The molecule has 0 unspecified atom stereocenters. The zero-order chi connectivity index (χ0) is 19.5. The number of benzene rings is 1. The zero-order valence-corrected chi connectivity index (χ0v) is 16.6. The van der Waals surface area contributed by atoms with Gasteiger partial charge < -0.3 is 25.4 Å². The van der Waals surface area contributed by atoms with Gasteiger partial charge in [0.2, 0.25) is 5.91 Å². The van der Waals surface area contributed by atoms with Gasteiger partial charge in [0.05, 0.1) is 20.3 Å². The minimum atomic E-state index is 0.0737. The number of guanidine groups is 1. The smallest absolute Gasteiger partial charge is 0.222 e. The van der Waals surface area contributed by atoms with Crippen LogP contribution in [0.2, 0.25) is 0 Å². The molecule has 7 nitrogen and oxygen atoms in total. The first kappa shape index (κ1) is 20.9. The Labute approximate surface area is 161 Å². The first-order valence-electron chi connectivity index (χ1n) is 9.81. The lowest BCUT2D eigenvalue weighted by atomic mass is 10.2. The van der Waals surface area contributed by atoms with Gasteiger partial charge in [0.25, 0.3) is 0 Å². The van der Waals surface area contributed by atoms with Gasteiger partial charge in [0, 0.05) is 30.8 Å². The third-order valence-corrected chi connectivity index (χ3v) is 4.40. The second kappa shape index (κ2) is 11.3. The van der Waals surface area contributed by atoms with E-state index < -0.39 is 0 Å². The van der Waals surface area contributed by atoms with Crippen LogP contribution in [0, 0.1) is 0 Å². The normalized spacial score (nSPS) is 14.7. The van der Waals surface area contributed by atoms with Crippen molar-refractivity contribution in [3.05, 3.63) is 18.2 Å². The van der Waals surface area contributed by atoms with E-state index in [0.717, 1.165) is 25.1 Å². The fourth-order valence-electron chi connectivity index (χ4n) is 3.11. The number of hydrogen-bond acceptors (Lipinski definition) is 4. The van der Waals surface area contributed by atoms with E-state index in [4.69, 9.17) is 9.47 Å². The van der Waals surface area contributed by atoms with E-state index in [-0.39, 0.29) is 5.91 Å². The lowest BCUT2D eigenvalue weighted by Crippen LogP contribution is -2.34. The SMILES string of the molecule is CCNC(=NCCC(=O)NC1CCCC1)Nc1ccc(OC)c(OCC)c1. The summed E-state index contributed by atoms with van der Waals surface area (Å²) < 4.78 is 10.9. The van der Waals surface area contributed by atoms with Crippen molar-refractivity contribution in [3.8, 4) is 11.5 Å². The molecule has 1 aliphatic rings. The largest absolute Gasteiger partial charge is 0.493 e. The number of carbonyl (C=O) groups excluding carboxylic acids is 1. The van der Waals surface area contributed by atoms with Crippen LogP contribution in [0.5, 0.6) is 11.5 Å². The average Bonchev–Trinajstić information content (AvgIpc) is 3.15. The highest BCUT2D eigenvalue weighted by molar-refractivity contribution is 5.94. The van der Waals surface area contributed by atoms with E-state index in [2.05, 4.69) is 20.9 Å². The van der Waals surface area contributed by atoms with Crippen LogP contribution in [-0.2, 0) is 4.79 Å². The number of nitrogens with zero attached hydrogens (tertiary/aromatic N) is 1. The highest BCUT2D eigenvalue weighted by Crippen LogP contribution is 2.30. The van der Waals surface area contributed by atoms with E-state index >= 15 is 0 Å². The maximum absolute atomic E-state index is 12.0. The minimum Gasteiger partial charge on any atom is -0.493 e. The first-order valence-corrected chi connectivity index (χ1v) is 9.81. The van der Waals surface area contributed by atoms with Gasteiger partial charge in [0.15, 0.2) is 17.5 Å². The Bertz CT molecular complexity index is 628. The van der Waals surface area contributed by atoms with E-state index in [1.807, 2.05) is 32.0 Å². The molecule has 3 N–H and O–H groups in total. The van der Waals surface area contributed by atoms with E-state index in [1.165, 1.54) is 12.8 Å². The quantitative estimate of drug-likeness (QED) is 0.456. The van der Waals surface area contributed by atoms with Gasteiger partial charge in [-0.1, -0.05) is 12.8 Å². The summed E-state index contributed by atoms with van der Waals surface area (Å²) in [4.78, 5) is 16.5. The molecular formula is C20H32N4O3. The summed E-state index contributed by atoms with van der Waals surface area (Å²) in [5, 5.41) is 9.53. The van der Waals surface area contributed by atoms with E-state index in [1.54, 1.807) is 7.11 Å². The van der Waals surface area contributed by atoms with Crippen molar-refractivity contribution in [2.75, 3.05) is 32.1 Å². The van der Waals surface area contributed by atoms with Crippen molar-refractivity contribution < 1.29 is 14.3 Å². The number of hydrogen-bond donors (Lipinski definition) is 3. The predicted octanol–water partition coefficient (Wildman–Crippen LogP) is 2.92. The molecule has 1 aliphatic carbocycles. The minimum absolute atomic E-state index is 0.0737. The molecule has 1 amide bonds. The van der Waals surface area contributed by atoms with Gasteiger partial charge in [-0.3, -0.25) is 9.79 Å². The molecule has 0 radical (unpaired) electrons. The average molecular weight is 377 g/mol. The third-order valence-electron chi connectivity index (χ3n) is 4.40. The lowest BCUT2D eigenvalue weighted by molar-refractivity contribution is -0.121. The standard InChI is InChI=1S/C20H32N4O3/c1-4-21-20(22-13-12-19(25)23-15-8-6-7-9-15)24-16-10-11-17(26-3)18(14-16)27-5-2/h10-11,14-15H,4-9,12-13H2,1-3H3,(H,23,25)(H2,21,22,24). The van der Waals surface area contributed by atoms with Crippen LogP contribution in [-0.4, -0.2) is 44.7 Å². The molecule has 1 saturated carbocycles. The monoisotopic (exact) mass is 376 g/mol. The molecule has 1 aromatic rings. The number of anilines is 1. The summed E-state index contributed by atoms with van der Waals surface area (Å²) in [7, 11) is 1.62. The number of ether oxygens (including phenoxy) is 2. The van der Waals surface area contributed by atoms with E-state index in [0.29, 0.717) is 43.1 Å². The molecule has 7 heteroatoms. The Morgan fingerprint density at radius 1 is 1.22 bits per heavy atom. The molecule has 0 saturated heterocycles. The van der Waals surface area contributed by atoms with Crippen LogP contribution >= 0.6 is 0 Å². The van der Waals surface area contributed by atoms with Crippen molar-refractivity contribution in [2.24, 2.45) is 4.99 Å². The summed E-state index contributed by atoms with van der Waals surface area (Å²) in [6.07, 6.45) is 5.00. The van der Waals surface area contributed by atoms with Crippen LogP contribution in [0.1, 0.15) is 46.0 Å². The van der Waals surface area contributed by atoms with Crippen molar-refractivity contribution in [1.82, 2.24) is 10.6 Å². The van der Waals surface area contributed by atoms with Crippen molar-refractivity contribution >= 4 is 17.6 Å². The van der Waals surface area contributed by atoms with Crippen LogP contribution in [0.3, 0.4) is 0 Å². The van der Waals surface area contributed by atoms with Crippen LogP contribution in [0.15, 0.2) is 23.2 Å². The fourth-order valence-corrected chi connectivity index (χ4v) is 3.11. The number of aliphatic imine (C=N–C) groups is 1.